The molecule has 0 nitrogen and oxygen atoms in total. The van der Waals surface area contributed by atoms with Gasteiger partial charge in [0.25, 0.3) is 0 Å². The Balaban J connectivity index is 4.03. The van der Waals surface area contributed by atoms with Crippen molar-refractivity contribution < 1.29 is 0 Å². The lowest BCUT2D eigenvalue weighted by atomic mass is 9.77. The number of allylic oxidation sites excluding steroid dienone is 1. The Labute approximate surface area is 78.1 Å². The van der Waals surface area contributed by atoms with Crippen LogP contribution in [0.1, 0.15) is 53.4 Å². The second-order valence-electron chi connectivity index (χ2n) is 4.33. The van der Waals surface area contributed by atoms with Crippen LogP contribution in [0.15, 0.2) is 12.7 Å². The van der Waals surface area contributed by atoms with E-state index in [4.69, 9.17) is 0 Å². The average molecular weight is 168 g/mol. The smallest absolute Gasteiger partial charge is 0.0147 e. The molecular weight excluding hydrogens is 144 g/mol. The van der Waals surface area contributed by atoms with Crippen LogP contribution in [0.3, 0.4) is 0 Å². The molecule has 0 N–H and O–H groups in total. The lowest BCUT2D eigenvalue weighted by Crippen LogP contribution is -2.16. The minimum absolute atomic E-state index is 0.379. The third kappa shape index (κ3) is 3.94. The Morgan fingerprint density at radius 3 is 2.33 bits per heavy atom. The van der Waals surface area contributed by atoms with E-state index < -0.39 is 0 Å². The Bertz CT molecular complexity index is 126. The van der Waals surface area contributed by atoms with Crippen molar-refractivity contribution in [1.82, 2.24) is 0 Å². The maximum absolute atomic E-state index is 3.94. The molecule has 0 radical (unpaired) electrons. The second kappa shape index (κ2) is 5.40. The summed E-state index contributed by atoms with van der Waals surface area (Å²) >= 11 is 0. The van der Waals surface area contributed by atoms with Crippen LogP contribution >= 0.6 is 0 Å². The molecule has 0 heteroatoms. The minimum Gasteiger partial charge on any atom is -0.103 e. The molecule has 2 atom stereocenters. The summed E-state index contributed by atoms with van der Waals surface area (Å²) in [5, 5.41) is 0. The summed E-state index contributed by atoms with van der Waals surface area (Å²) in [6.45, 7) is 13.1. The lowest BCUT2D eigenvalue weighted by Gasteiger charge is -2.28. The summed E-state index contributed by atoms with van der Waals surface area (Å²) in [6, 6.07) is 0. The quantitative estimate of drug-likeness (QED) is 0.515. The van der Waals surface area contributed by atoms with Crippen molar-refractivity contribution >= 4 is 0 Å². The first-order valence-electron chi connectivity index (χ1n) is 5.21. The van der Waals surface area contributed by atoms with Gasteiger partial charge in [-0.1, -0.05) is 46.6 Å². The molecule has 0 fully saturated rings. The van der Waals surface area contributed by atoms with Crippen LogP contribution in [0.2, 0.25) is 0 Å². The number of hydrogen-bond donors (Lipinski definition) is 0. The van der Waals surface area contributed by atoms with E-state index in [1.165, 1.54) is 25.7 Å². The molecule has 0 heterocycles. The van der Waals surface area contributed by atoms with E-state index in [2.05, 4.69) is 40.3 Å². The molecule has 0 aromatic carbocycles. The van der Waals surface area contributed by atoms with E-state index in [0.717, 1.165) is 5.92 Å². The molecule has 0 saturated carbocycles. The van der Waals surface area contributed by atoms with Gasteiger partial charge in [-0.3, -0.25) is 0 Å². The summed E-state index contributed by atoms with van der Waals surface area (Å²) in [4.78, 5) is 0. The molecule has 0 aliphatic rings. The van der Waals surface area contributed by atoms with Crippen molar-refractivity contribution in [3.05, 3.63) is 12.7 Å². The number of hydrogen-bond acceptors (Lipinski definition) is 0. The summed E-state index contributed by atoms with van der Waals surface area (Å²) in [6.07, 6.45) is 7.26. The summed E-state index contributed by atoms with van der Waals surface area (Å²) in [5.74, 6) is 0.833. The maximum atomic E-state index is 3.94. The van der Waals surface area contributed by atoms with E-state index in [1.807, 2.05) is 0 Å². The normalized spacial score (nSPS) is 18.3. The fourth-order valence-electron chi connectivity index (χ4n) is 1.80. The van der Waals surface area contributed by atoms with Gasteiger partial charge in [0.1, 0.15) is 0 Å². The van der Waals surface area contributed by atoms with Gasteiger partial charge in [0.05, 0.1) is 0 Å². The fraction of sp³-hybridized carbons (Fsp3) is 0.833. The predicted molar refractivity (Wildman–Crippen MR) is 57.3 cm³/mol. The zero-order valence-corrected chi connectivity index (χ0v) is 9.19. The van der Waals surface area contributed by atoms with Crippen LogP contribution in [-0.2, 0) is 0 Å². The minimum atomic E-state index is 0.379. The van der Waals surface area contributed by atoms with E-state index in [1.54, 1.807) is 0 Å². The first-order valence-corrected chi connectivity index (χ1v) is 5.21. The van der Waals surface area contributed by atoms with Crippen molar-refractivity contribution in [3.8, 4) is 0 Å². The van der Waals surface area contributed by atoms with Gasteiger partial charge in [0.2, 0.25) is 0 Å². The highest BCUT2D eigenvalue weighted by Gasteiger charge is 2.20. The molecule has 2 unspecified atom stereocenters. The highest BCUT2D eigenvalue weighted by atomic mass is 14.3. The highest BCUT2D eigenvalue weighted by Crippen LogP contribution is 2.33. The summed E-state index contributed by atoms with van der Waals surface area (Å²) in [7, 11) is 0. The van der Waals surface area contributed by atoms with Gasteiger partial charge in [-0.2, -0.15) is 0 Å². The van der Waals surface area contributed by atoms with Crippen molar-refractivity contribution in [2.45, 2.75) is 53.4 Å². The Hall–Kier alpha value is -0.260. The zero-order chi connectivity index (χ0) is 9.61. The molecule has 0 aliphatic carbocycles. The lowest BCUT2D eigenvalue weighted by molar-refractivity contribution is 0.292. The van der Waals surface area contributed by atoms with Crippen molar-refractivity contribution in [2.75, 3.05) is 0 Å². The van der Waals surface area contributed by atoms with Crippen LogP contribution in [0.4, 0.5) is 0 Å². The molecule has 0 bridgehead atoms. The third-order valence-electron chi connectivity index (χ3n) is 2.83. The first-order chi connectivity index (χ1) is 5.58. The van der Waals surface area contributed by atoms with E-state index in [-0.39, 0.29) is 0 Å². The first kappa shape index (κ1) is 11.7. The van der Waals surface area contributed by atoms with Gasteiger partial charge in [-0.15, -0.1) is 6.58 Å². The topological polar surface area (TPSA) is 0 Å². The Morgan fingerprint density at radius 1 is 1.42 bits per heavy atom. The highest BCUT2D eigenvalue weighted by molar-refractivity contribution is 4.91. The molecule has 0 spiro atoms. The fourth-order valence-corrected chi connectivity index (χ4v) is 1.80. The van der Waals surface area contributed by atoms with Crippen molar-refractivity contribution in [3.63, 3.8) is 0 Å². The van der Waals surface area contributed by atoms with Crippen LogP contribution in [0.5, 0.6) is 0 Å². The molecule has 0 aromatic rings. The predicted octanol–water partition coefficient (Wildman–Crippen LogP) is 4.42. The zero-order valence-electron chi connectivity index (χ0n) is 9.19. The van der Waals surface area contributed by atoms with Gasteiger partial charge in [-0.05, 0) is 24.2 Å². The Kier molecular flexibility index (Phi) is 5.28. The molecule has 12 heavy (non-hydrogen) atoms. The van der Waals surface area contributed by atoms with Gasteiger partial charge >= 0.3 is 0 Å². The number of rotatable bonds is 6. The molecule has 0 saturated heterocycles. The Morgan fingerprint density at radius 2 is 2.00 bits per heavy atom. The molecule has 0 aromatic heterocycles. The van der Waals surface area contributed by atoms with Crippen molar-refractivity contribution in [1.29, 1.82) is 0 Å². The SMILES string of the molecule is C=CC(C)(CCC)CC(C)CC. The molecule has 0 rings (SSSR count). The van der Waals surface area contributed by atoms with Crippen LogP contribution in [0, 0.1) is 11.3 Å². The standard InChI is InChI=1S/C12H24/c1-6-9-12(5,8-3)10-11(4)7-2/h8,11H,3,6-7,9-10H2,1-2,4-5H3. The maximum Gasteiger partial charge on any atom is -0.0147 e. The van der Waals surface area contributed by atoms with Gasteiger partial charge in [0.15, 0.2) is 0 Å². The molecule has 72 valence electrons. The van der Waals surface area contributed by atoms with Gasteiger partial charge in [0, 0.05) is 0 Å². The van der Waals surface area contributed by atoms with E-state index >= 15 is 0 Å². The second-order valence-corrected chi connectivity index (χ2v) is 4.33. The van der Waals surface area contributed by atoms with Gasteiger partial charge in [-0.25, -0.2) is 0 Å². The molecule has 0 amide bonds. The van der Waals surface area contributed by atoms with Crippen molar-refractivity contribution in [2.24, 2.45) is 11.3 Å². The van der Waals surface area contributed by atoms with Crippen LogP contribution in [0.25, 0.3) is 0 Å². The molecular formula is C12H24. The molecule has 0 aliphatic heterocycles. The summed E-state index contributed by atoms with van der Waals surface area (Å²) < 4.78 is 0. The third-order valence-corrected chi connectivity index (χ3v) is 2.83. The van der Waals surface area contributed by atoms with Gasteiger partial charge < -0.3 is 0 Å². The van der Waals surface area contributed by atoms with E-state index in [9.17, 15) is 0 Å². The van der Waals surface area contributed by atoms with Crippen LogP contribution < -0.4 is 0 Å². The van der Waals surface area contributed by atoms with Crippen LogP contribution in [-0.4, -0.2) is 0 Å². The monoisotopic (exact) mass is 168 g/mol. The van der Waals surface area contributed by atoms with E-state index in [0.29, 0.717) is 5.41 Å². The average Bonchev–Trinajstić information content (AvgIpc) is 2.05. The largest absolute Gasteiger partial charge is 0.103 e. The summed E-state index contributed by atoms with van der Waals surface area (Å²) in [5.41, 5.74) is 0.379.